The molecule has 0 aliphatic carbocycles. The van der Waals surface area contributed by atoms with E-state index in [1.54, 1.807) is 0 Å². The van der Waals surface area contributed by atoms with Crippen LogP contribution in [-0.2, 0) is 0 Å². The Morgan fingerprint density at radius 2 is 1.81 bits per heavy atom. The summed E-state index contributed by atoms with van der Waals surface area (Å²) in [5.41, 5.74) is 0. The molecule has 0 spiro atoms. The second-order valence-corrected chi connectivity index (χ2v) is 6.65. The van der Waals surface area contributed by atoms with Gasteiger partial charge in [0.15, 0.2) is 0 Å². The Bertz CT molecular complexity index is 177. The topological polar surface area (TPSA) is 15.3 Å². The predicted molar refractivity (Wildman–Crippen MR) is 75.3 cm³/mol. The van der Waals surface area contributed by atoms with Crippen LogP contribution < -0.4 is 5.32 Å². The Morgan fingerprint density at radius 3 is 2.38 bits per heavy atom. The van der Waals surface area contributed by atoms with Gasteiger partial charge in [-0.25, -0.2) is 0 Å². The van der Waals surface area contributed by atoms with Crippen LogP contribution in [0.25, 0.3) is 0 Å². The van der Waals surface area contributed by atoms with Crippen molar-refractivity contribution in [1.82, 2.24) is 10.2 Å². The van der Waals surface area contributed by atoms with Gasteiger partial charge in [0, 0.05) is 17.8 Å². The summed E-state index contributed by atoms with van der Waals surface area (Å²) in [6.45, 7) is 9.42. The molecule has 0 bridgehead atoms. The molecule has 16 heavy (non-hydrogen) atoms. The van der Waals surface area contributed by atoms with Crippen molar-refractivity contribution in [2.75, 3.05) is 31.6 Å². The van der Waals surface area contributed by atoms with Crippen molar-refractivity contribution < 1.29 is 0 Å². The van der Waals surface area contributed by atoms with Crippen LogP contribution in [0.5, 0.6) is 0 Å². The van der Waals surface area contributed by atoms with Gasteiger partial charge in [0.05, 0.1) is 0 Å². The van der Waals surface area contributed by atoms with E-state index in [4.69, 9.17) is 0 Å². The average molecular weight is 244 g/mol. The highest BCUT2D eigenvalue weighted by Crippen LogP contribution is 2.12. The molecule has 0 aromatic heterocycles. The fraction of sp³-hybridized carbons (Fsp3) is 1.00. The average Bonchev–Trinajstić information content (AvgIpc) is 2.21. The highest BCUT2D eigenvalue weighted by molar-refractivity contribution is 7.99. The summed E-state index contributed by atoms with van der Waals surface area (Å²) in [6.07, 6.45) is 2.63. The van der Waals surface area contributed by atoms with Crippen LogP contribution in [0.1, 0.15) is 33.6 Å². The molecule has 1 atom stereocenters. The summed E-state index contributed by atoms with van der Waals surface area (Å²) in [7, 11) is 2.22. The van der Waals surface area contributed by atoms with Crippen LogP contribution in [0.15, 0.2) is 0 Å². The quantitative estimate of drug-likeness (QED) is 0.772. The lowest BCUT2D eigenvalue weighted by Crippen LogP contribution is -2.45. The van der Waals surface area contributed by atoms with E-state index in [0.29, 0.717) is 6.04 Å². The summed E-state index contributed by atoms with van der Waals surface area (Å²) < 4.78 is 0. The van der Waals surface area contributed by atoms with E-state index in [1.807, 2.05) is 0 Å². The number of hydrogen-bond donors (Lipinski definition) is 1. The molecule has 0 aromatic carbocycles. The van der Waals surface area contributed by atoms with Crippen LogP contribution in [-0.4, -0.2) is 48.6 Å². The van der Waals surface area contributed by atoms with E-state index in [9.17, 15) is 0 Å². The zero-order valence-electron chi connectivity index (χ0n) is 11.3. The lowest BCUT2D eigenvalue weighted by molar-refractivity contribution is 0.229. The Hall–Kier alpha value is 0.270. The standard InChI is InChI=1S/C13H28N2S/c1-11(2)9-16-10-12(3)14-13-5-7-15(4)8-6-13/h11-14H,5-10H2,1-4H3. The lowest BCUT2D eigenvalue weighted by Gasteiger charge is -2.31. The Kier molecular flexibility index (Phi) is 6.78. The van der Waals surface area contributed by atoms with E-state index in [1.165, 1.54) is 37.4 Å². The normalized spacial score (nSPS) is 21.6. The zero-order valence-corrected chi connectivity index (χ0v) is 12.1. The summed E-state index contributed by atoms with van der Waals surface area (Å²) in [4.78, 5) is 2.43. The minimum absolute atomic E-state index is 0.664. The van der Waals surface area contributed by atoms with Crippen LogP contribution in [0.3, 0.4) is 0 Å². The minimum Gasteiger partial charge on any atom is -0.311 e. The first kappa shape index (κ1) is 14.3. The summed E-state index contributed by atoms with van der Waals surface area (Å²) in [5, 5.41) is 3.77. The minimum atomic E-state index is 0.664. The first-order valence-electron chi connectivity index (χ1n) is 6.60. The third kappa shape index (κ3) is 6.12. The highest BCUT2D eigenvalue weighted by atomic mass is 32.2. The Labute approximate surface area is 106 Å². The molecule has 1 fully saturated rings. The van der Waals surface area contributed by atoms with Gasteiger partial charge in [-0.2, -0.15) is 11.8 Å². The van der Waals surface area contributed by atoms with Crippen molar-refractivity contribution >= 4 is 11.8 Å². The molecule has 3 heteroatoms. The van der Waals surface area contributed by atoms with Gasteiger partial charge in [0.2, 0.25) is 0 Å². The van der Waals surface area contributed by atoms with Crippen molar-refractivity contribution in [2.45, 2.75) is 45.7 Å². The van der Waals surface area contributed by atoms with Crippen molar-refractivity contribution in [3.8, 4) is 0 Å². The molecule has 1 aliphatic rings. The maximum absolute atomic E-state index is 3.77. The number of thioether (sulfide) groups is 1. The summed E-state index contributed by atoms with van der Waals surface area (Å²) >= 11 is 2.09. The molecule has 1 N–H and O–H groups in total. The molecule has 1 unspecified atom stereocenters. The Balaban J connectivity index is 2.07. The fourth-order valence-corrected chi connectivity index (χ4v) is 3.16. The van der Waals surface area contributed by atoms with E-state index in [2.05, 4.69) is 49.8 Å². The number of hydrogen-bond acceptors (Lipinski definition) is 3. The van der Waals surface area contributed by atoms with Crippen molar-refractivity contribution in [2.24, 2.45) is 5.92 Å². The molecule has 0 aromatic rings. The van der Waals surface area contributed by atoms with Gasteiger partial charge in [0.1, 0.15) is 0 Å². The second-order valence-electron chi connectivity index (χ2n) is 5.58. The SMILES string of the molecule is CC(C)CSCC(C)NC1CCN(C)CC1. The predicted octanol–water partition coefficient (Wildman–Crippen LogP) is 2.45. The molecule has 1 rings (SSSR count). The van der Waals surface area contributed by atoms with E-state index >= 15 is 0 Å². The van der Waals surface area contributed by atoms with E-state index < -0.39 is 0 Å². The molecule has 1 aliphatic heterocycles. The molecule has 0 saturated carbocycles. The van der Waals surface area contributed by atoms with Crippen LogP contribution in [0.4, 0.5) is 0 Å². The summed E-state index contributed by atoms with van der Waals surface area (Å²) in [5.74, 6) is 3.37. The maximum Gasteiger partial charge on any atom is 0.0132 e. The first-order valence-corrected chi connectivity index (χ1v) is 7.75. The van der Waals surface area contributed by atoms with Gasteiger partial charge >= 0.3 is 0 Å². The lowest BCUT2D eigenvalue weighted by atomic mass is 10.1. The van der Waals surface area contributed by atoms with Crippen molar-refractivity contribution in [3.63, 3.8) is 0 Å². The maximum atomic E-state index is 3.77. The molecule has 0 radical (unpaired) electrons. The van der Waals surface area contributed by atoms with Gasteiger partial charge in [0.25, 0.3) is 0 Å². The largest absolute Gasteiger partial charge is 0.311 e. The number of nitrogens with one attached hydrogen (secondary N) is 1. The smallest absolute Gasteiger partial charge is 0.0132 e. The summed E-state index contributed by atoms with van der Waals surface area (Å²) in [6, 6.07) is 1.42. The molecule has 1 saturated heterocycles. The van der Waals surface area contributed by atoms with Gasteiger partial charge in [-0.1, -0.05) is 13.8 Å². The number of rotatable bonds is 6. The van der Waals surface area contributed by atoms with Crippen LogP contribution in [0, 0.1) is 5.92 Å². The highest BCUT2D eigenvalue weighted by Gasteiger charge is 2.17. The van der Waals surface area contributed by atoms with Gasteiger partial charge in [-0.15, -0.1) is 0 Å². The molecular weight excluding hydrogens is 216 g/mol. The van der Waals surface area contributed by atoms with E-state index in [0.717, 1.165) is 12.0 Å². The third-order valence-electron chi connectivity index (χ3n) is 3.06. The van der Waals surface area contributed by atoms with Crippen molar-refractivity contribution in [1.29, 1.82) is 0 Å². The monoisotopic (exact) mass is 244 g/mol. The Morgan fingerprint density at radius 1 is 1.19 bits per heavy atom. The van der Waals surface area contributed by atoms with Crippen LogP contribution in [0.2, 0.25) is 0 Å². The van der Waals surface area contributed by atoms with Gasteiger partial charge in [-0.05, 0) is 51.6 Å². The molecule has 1 heterocycles. The van der Waals surface area contributed by atoms with Gasteiger partial charge < -0.3 is 10.2 Å². The molecule has 2 nitrogen and oxygen atoms in total. The number of nitrogens with zero attached hydrogens (tertiary/aromatic N) is 1. The molecule has 96 valence electrons. The number of piperidine rings is 1. The third-order valence-corrected chi connectivity index (χ3v) is 4.70. The first-order chi connectivity index (χ1) is 7.58. The van der Waals surface area contributed by atoms with Crippen molar-refractivity contribution in [3.05, 3.63) is 0 Å². The van der Waals surface area contributed by atoms with Crippen LogP contribution >= 0.6 is 11.8 Å². The second kappa shape index (κ2) is 7.57. The molecule has 0 amide bonds. The number of likely N-dealkylation sites (tertiary alicyclic amines) is 1. The zero-order chi connectivity index (χ0) is 12.0. The van der Waals surface area contributed by atoms with Gasteiger partial charge in [-0.3, -0.25) is 0 Å². The fourth-order valence-electron chi connectivity index (χ4n) is 2.11. The van der Waals surface area contributed by atoms with E-state index in [-0.39, 0.29) is 0 Å². The molecular formula is C13H28N2S.